The second-order valence-corrected chi connectivity index (χ2v) is 6.00. The molecule has 4 rings (SSSR count). The maximum atomic E-state index is 10.2. The quantitative estimate of drug-likeness (QED) is 0.770. The molecule has 0 radical (unpaired) electrons. The molecule has 0 saturated heterocycles. The Kier molecular flexibility index (Phi) is 3.36. The second-order valence-electron chi connectivity index (χ2n) is 5.56. The molecule has 0 saturated carbocycles. The average molecular weight is 327 g/mol. The number of aliphatic hydroxyl groups is 1. The molecule has 0 amide bonds. The number of nitrogens with zero attached hydrogens (tertiary/aromatic N) is 2. The Morgan fingerprint density at radius 2 is 2.00 bits per heavy atom. The van der Waals surface area contributed by atoms with E-state index in [9.17, 15) is 5.11 Å². The molecule has 1 aliphatic rings. The van der Waals surface area contributed by atoms with Gasteiger partial charge in [-0.1, -0.05) is 41.9 Å². The molecule has 3 aromatic rings. The van der Waals surface area contributed by atoms with Crippen LogP contribution in [0, 0.1) is 0 Å². The smallest absolute Gasteiger partial charge is 0.145 e. The first-order chi connectivity index (χ1) is 11.1. The average Bonchev–Trinajstić information content (AvgIpc) is 2.96. The van der Waals surface area contributed by atoms with E-state index in [1.807, 2.05) is 47.1 Å². The number of ether oxygens (including phenoxy) is 1. The molecule has 1 aliphatic heterocycles. The normalized spacial score (nSPS) is 13.9. The van der Waals surface area contributed by atoms with Crippen LogP contribution < -0.4 is 4.74 Å². The molecule has 1 unspecified atom stereocenters. The minimum Gasteiger partial charge on any atom is -0.485 e. The predicted molar refractivity (Wildman–Crippen MR) is 89.0 cm³/mol. The van der Waals surface area contributed by atoms with Gasteiger partial charge in [-0.15, -0.1) is 0 Å². The Hall–Kier alpha value is -2.30. The summed E-state index contributed by atoms with van der Waals surface area (Å²) in [4.78, 5) is 0. The summed E-state index contributed by atoms with van der Waals surface area (Å²) in [7, 11) is 0. The second kappa shape index (κ2) is 5.41. The number of hydrogen-bond acceptors (Lipinski definition) is 3. The van der Waals surface area contributed by atoms with Crippen molar-refractivity contribution in [3.05, 3.63) is 64.9 Å². The van der Waals surface area contributed by atoms with Crippen LogP contribution in [0.15, 0.2) is 48.5 Å². The molecule has 2 aromatic carbocycles. The summed E-state index contributed by atoms with van der Waals surface area (Å²) in [6.07, 6.45) is -0.675. The van der Waals surface area contributed by atoms with E-state index in [0.717, 1.165) is 28.3 Å². The monoisotopic (exact) mass is 326 g/mol. The summed E-state index contributed by atoms with van der Waals surface area (Å²) >= 11 is 6.12. The van der Waals surface area contributed by atoms with Crippen LogP contribution in [0.3, 0.4) is 0 Å². The van der Waals surface area contributed by atoms with Gasteiger partial charge in [-0.05, 0) is 30.7 Å². The summed E-state index contributed by atoms with van der Waals surface area (Å²) < 4.78 is 7.69. The Labute approximate surface area is 138 Å². The Balaban J connectivity index is 1.99. The molecule has 23 heavy (non-hydrogen) atoms. The minimum atomic E-state index is -0.675. The predicted octanol–water partition coefficient (Wildman–Crippen LogP) is 4.14. The van der Waals surface area contributed by atoms with Gasteiger partial charge in [0.05, 0.1) is 17.5 Å². The van der Waals surface area contributed by atoms with Crippen LogP contribution in [0.5, 0.6) is 5.75 Å². The van der Waals surface area contributed by atoms with E-state index in [4.69, 9.17) is 16.3 Å². The van der Waals surface area contributed by atoms with Crippen LogP contribution in [0.4, 0.5) is 0 Å². The molecule has 4 nitrogen and oxygen atoms in total. The lowest BCUT2D eigenvalue weighted by Crippen LogP contribution is -2.13. The van der Waals surface area contributed by atoms with Crippen LogP contribution >= 0.6 is 11.6 Å². The van der Waals surface area contributed by atoms with Gasteiger partial charge in [-0.2, -0.15) is 5.10 Å². The lowest BCUT2D eigenvalue weighted by atomic mass is 10.0. The third-order valence-electron chi connectivity index (χ3n) is 3.98. The van der Waals surface area contributed by atoms with Crippen molar-refractivity contribution < 1.29 is 9.84 Å². The molecule has 2 heterocycles. The summed E-state index contributed by atoms with van der Waals surface area (Å²) in [5.74, 6) is 0.737. The number of aliphatic hydroxyl groups excluding tert-OH is 1. The molecule has 116 valence electrons. The fourth-order valence-electron chi connectivity index (χ4n) is 2.94. The molecule has 1 aromatic heterocycles. The van der Waals surface area contributed by atoms with Crippen molar-refractivity contribution in [1.29, 1.82) is 0 Å². The van der Waals surface area contributed by atoms with Gasteiger partial charge in [0, 0.05) is 10.6 Å². The highest BCUT2D eigenvalue weighted by Gasteiger charge is 2.27. The number of aromatic nitrogens is 2. The van der Waals surface area contributed by atoms with E-state index in [1.54, 1.807) is 13.0 Å². The largest absolute Gasteiger partial charge is 0.485 e. The molecule has 5 heteroatoms. The molecule has 0 spiro atoms. The number of benzene rings is 2. The van der Waals surface area contributed by atoms with Gasteiger partial charge in [-0.25, -0.2) is 4.68 Å². The van der Waals surface area contributed by atoms with Crippen LogP contribution in [0.1, 0.15) is 24.4 Å². The summed E-state index contributed by atoms with van der Waals surface area (Å²) in [5.41, 5.74) is 4.29. The van der Waals surface area contributed by atoms with Crippen LogP contribution in [0.2, 0.25) is 5.02 Å². The number of halogens is 1. The molecule has 0 bridgehead atoms. The lowest BCUT2D eigenvalue weighted by Gasteiger charge is -2.20. The highest BCUT2D eigenvalue weighted by molar-refractivity contribution is 6.30. The van der Waals surface area contributed by atoms with Crippen molar-refractivity contribution in [2.45, 2.75) is 19.6 Å². The molecule has 1 N–H and O–H groups in total. The minimum absolute atomic E-state index is 0.401. The van der Waals surface area contributed by atoms with E-state index >= 15 is 0 Å². The van der Waals surface area contributed by atoms with Crippen molar-refractivity contribution in [1.82, 2.24) is 9.78 Å². The van der Waals surface area contributed by atoms with Crippen molar-refractivity contribution in [3.63, 3.8) is 0 Å². The first kappa shape index (κ1) is 14.3. The van der Waals surface area contributed by atoms with Crippen molar-refractivity contribution >= 4 is 11.6 Å². The maximum Gasteiger partial charge on any atom is 0.145 e. The highest BCUT2D eigenvalue weighted by atomic mass is 35.5. The summed E-state index contributed by atoms with van der Waals surface area (Å²) in [6, 6.07) is 15.4. The van der Waals surface area contributed by atoms with E-state index < -0.39 is 6.10 Å². The zero-order valence-corrected chi connectivity index (χ0v) is 13.3. The van der Waals surface area contributed by atoms with Gasteiger partial charge in [0.15, 0.2) is 0 Å². The standard InChI is InChI=1S/C18H15ClN2O2/c1-11(22)18-17(12-5-3-2-4-6-12)15-10-23-16-8-7-13(19)9-14(16)21(15)20-18/h2-9,11,22H,10H2,1H3. The van der Waals surface area contributed by atoms with Crippen molar-refractivity contribution in [2.24, 2.45) is 0 Å². The van der Waals surface area contributed by atoms with Crippen LogP contribution in [0.25, 0.3) is 16.8 Å². The van der Waals surface area contributed by atoms with Gasteiger partial charge in [-0.3, -0.25) is 0 Å². The van der Waals surface area contributed by atoms with Crippen LogP contribution in [-0.2, 0) is 6.61 Å². The first-order valence-corrected chi connectivity index (χ1v) is 7.81. The van der Waals surface area contributed by atoms with Gasteiger partial charge < -0.3 is 9.84 Å². The molecular weight excluding hydrogens is 312 g/mol. The molecule has 0 aliphatic carbocycles. The number of rotatable bonds is 2. The Bertz CT molecular complexity index is 872. The third-order valence-corrected chi connectivity index (χ3v) is 4.21. The fraction of sp³-hybridized carbons (Fsp3) is 0.167. The topological polar surface area (TPSA) is 47.3 Å². The van der Waals surface area contributed by atoms with Crippen molar-refractivity contribution in [2.75, 3.05) is 0 Å². The SMILES string of the molecule is CC(O)c1nn2c(c1-c1ccccc1)COc1ccc(Cl)cc1-2. The van der Waals surface area contributed by atoms with Crippen molar-refractivity contribution in [3.8, 4) is 22.6 Å². The number of hydrogen-bond donors (Lipinski definition) is 1. The lowest BCUT2D eigenvalue weighted by molar-refractivity contribution is 0.194. The summed E-state index contributed by atoms with van der Waals surface area (Å²) in [6.45, 7) is 2.12. The van der Waals surface area contributed by atoms with Gasteiger partial charge in [0.25, 0.3) is 0 Å². The zero-order chi connectivity index (χ0) is 16.0. The first-order valence-electron chi connectivity index (χ1n) is 7.43. The van der Waals surface area contributed by atoms with Gasteiger partial charge in [0.1, 0.15) is 18.0 Å². The van der Waals surface area contributed by atoms with E-state index in [-0.39, 0.29) is 0 Å². The third kappa shape index (κ3) is 2.31. The highest BCUT2D eigenvalue weighted by Crippen LogP contribution is 2.39. The van der Waals surface area contributed by atoms with E-state index in [2.05, 4.69) is 5.10 Å². The van der Waals surface area contributed by atoms with Gasteiger partial charge in [0.2, 0.25) is 0 Å². The van der Waals surface area contributed by atoms with E-state index in [1.165, 1.54) is 0 Å². The Morgan fingerprint density at radius 1 is 1.22 bits per heavy atom. The molecule has 1 atom stereocenters. The van der Waals surface area contributed by atoms with E-state index in [0.29, 0.717) is 17.3 Å². The summed E-state index contributed by atoms with van der Waals surface area (Å²) in [5, 5.41) is 15.4. The maximum absolute atomic E-state index is 10.2. The molecular formula is C18H15ClN2O2. The van der Waals surface area contributed by atoms with Gasteiger partial charge >= 0.3 is 0 Å². The number of fused-ring (bicyclic) bond motifs is 3. The zero-order valence-electron chi connectivity index (χ0n) is 12.5. The fourth-order valence-corrected chi connectivity index (χ4v) is 3.11. The Morgan fingerprint density at radius 3 is 2.74 bits per heavy atom. The molecule has 0 fully saturated rings. The van der Waals surface area contributed by atoms with Crippen LogP contribution in [-0.4, -0.2) is 14.9 Å².